The fourth-order valence-corrected chi connectivity index (χ4v) is 6.49. The van der Waals surface area contributed by atoms with Crippen molar-refractivity contribution in [1.29, 1.82) is 5.26 Å². The molecule has 5 nitrogen and oxygen atoms in total. The molecule has 1 heterocycles. The number of rotatable bonds is 6. The fraction of sp³-hybridized carbons (Fsp3) is 0.500. The number of hydrogen-bond donors (Lipinski definition) is 1. The molecule has 1 aliphatic heterocycles. The van der Waals surface area contributed by atoms with Gasteiger partial charge in [0.05, 0.1) is 18.6 Å². The number of ether oxygens (including phenoxy) is 1. The molecule has 1 saturated carbocycles. The standard InChI is InChI=1S/C28H34FN3O2/c1-27(15-7-12-25(27)31-26(33)34-2)28(20-30,23-10-6-11-24(29)18-23)22-13-16-32(17-14-22)19-21-8-4-3-5-9-21/h3-6,8-11,18,22,25H,7,12-17,19H2,1-2H3,(H,31,33)/t25-,27-,28-/m0/s1. The van der Waals surface area contributed by atoms with E-state index in [4.69, 9.17) is 4.74 Å². The van der Waals surface area contributed by atoms with Crippen molar-refractivity contribution in [2.45, 2.75) is 57.0 Å². The first-order valence-corrected chi connectivity index (χ1v) is 12.2. The Labute approximate surface area is 201 Å². The number of nitriles is 1. The lowest BCUT2D eigenvalue weighted by molar-refractivity contribution is 0.0488. The van der Waals surface area contributed by atoms with Crippen molar-refractivity contribution in [3.05, 3.63) is 71.5 Å². The Bertz CT molecular complexity index is 1030. The summed E-state index contributed by atoms with van der Waals surface area (Å²) in [6.45, 7) is 4.74. The molecule has 2 aromatic carbocycles. The summed E-state index contributed by atoms with van der Waals surface area (Å²) < 4.78 is 19.4. The molecule has 6 heteroatoms. The summed E-state index contributed by atoms with van der Waals surface area (Å²) in [5.74, 6) is -0.283. The van der Waals surface area contributed by atoms with Crippen LogP contribution < -0.4 is 5.32 Å². The number of carbonyl (C=O) groups is 1. The number of likely N-dealkylation sites (tertiary alicyclic amines) is 1. The van der Waals surface area contributed by atoms with Gasteiger partial charge in [-0.3, -0.25) is 4.90 Å². The predicted molar refractivity (Wildman–Crippen MR) is 129 cm³/mol. The molecule has 0 bridgehead atoms. The molecule has 0 spiro atoms. The summed E-state index contributed by atoms with van der Waals surface area (Å²) in [7, 11) is 1.36. The van der Waals surface area contributed by atoms with E-state index < -0.39 is 16.9 Å². The lowest BCUT2D eigenvalue weighted by Gasteiger charge is -2.52. The van der Waals surface area contributed by atoms with Gasteiger partial charge in [-0.1, -0.05) is 55.8 Å². The number of nitrogens with one attached hydrogen (secondary N) is 1. The molecular weight excluding hydrogens is 429 g/mol. The third-order valence-electron chi connectivity index (χ3n) is 8.24. The molecule has 180 valence electrons. The minimum absolute atomic E-state index is 0.0522. The van der Waals surface area contributed by atoms with Crippen LogP contribution in [0.1, 0.15) is 50.2 Å². The lowest BCUT2D eigenvalue weighted by Crippen LogP contribution is -2.58. The number of nitrogens with zero attached hydrogens (tertiary/aromatic N) is 2. The molecule has 1 N–H and O–H groups in total. The Kier molecular flexibility index (Phi) is 7.23. The van der Waals surface area contributed by atoms with Crippen LogP contribution in [0.15, 0.2) is 54.6 Å². The van der Waals surface area contributed by atoms with Gasteiger partial charge in [-0.25, -0.2) is 9.18 Å². The first-order valence-electron chi connectivity index (χ1n) is 12.2. The van der Waals surface area contributed by atoms with E-state index in [0.29, 0.717) is 0 Å². The number of hydrogen-bond acceptors (Lipinski definition) is 4. The van der Waals surface area contributed by atoms with Gasteiger partial charge in [0, 0.05) is 18.0 Å². The van der Waals surface area contributed by atoms with Gasteiger partial charge in [-0.15, -0.1) is 0 Å². The van der Waals surface area contributed by atoms with Gasteiger partial charge >= 0.3 is 6.09 Å². The second-order valence-electron chi connectivity index (χ2n) is 9.96. The van der Waals surface area contributed by atoms with Crippen LogP contribution in [0.2, 0.25) is 0 Å². The Hall–Kier alpha value is -2.91. The number of piperidine rings is 1. The molecule has 3 atom stereocenters. The van der Waals surface area contributed by atoms with Crippen LogP contribution in [0.4, 0.5) is 9.18 Å². The zero-order chi connectivity index (χ0) is 24.2. The zero-order valence-electron chi connectivity index (χ0n) is 20.1. The third kappa shape index (κ3) is 4.42. The number of amides is 1. The summed E-state index contributed by atoms with van der Waals surface area (Å²) >= 11 is 0. The Balaban J connectivity index is 1.67. The predicted octanol–water partition coefficient (Wildman–Crippen LogP) is 5.41. The smallest absolute Gasteiger partial charge is 0.407 e. The molecular formula is C28H34FN3O2. The summed E-state index contributed by atoms with van der Waals surface area (Å²) in [5, 5.41) is 13.9. The van der Waals surface area contributed by atoms with E-state index in [2.05, 4.69) is 47.5 Å². The first kappa shape index (κ1) is 24.2. The highest BCUT2D eigenvalue weighted by molar-refractivity contribution is 5.67. The van der Waals surface area contributed by atoms with E-state index in [1.807, 2.05) is 12.1 Å². The summed E-state index contributed by atoms with van der Waals surface area (Å²) in [6, 6.07) is 19.5. The number of alkyl carbamates (subject to hydrolysis) is 1. The highest BCUT2D eigenvalue weighted by Crippen LogP contribution is 2.58. The molecule has 0 aromatic heterocycles. The second-order valence-corrected chi connectivity index (χ2v) is 9.96. The summed E-state index contributed by atoms with van der Waals surface area (Å²) in [6.07, 6.45) is 3.67. The van der Waals surface area contributed by atoms with Crippen LogP contribution in [0.25, 0.3) is 0 Å². The Morgan fingerprint density at radius 3 is 2.59 bits per heavy atom. The zero-order valence-corrected chi connectivity index (χ0v) is 20.1. The number of halogens is 1. The molecule has 4 rings (SSSR count). The normalized spacial score (nSPS) is 25.3. The number of benzene rings is 2. The van der Waals surface area contributed by atoms with Gasteiger partial charge in [0.1, 0.15) is 5.82 Å². The van der Waals surface area contributed by atoms with Crippen molar-refractivity contribution in [3.8, 4) is 6.07 Å². The minimum Gasteiger partial charge on any atom is -0.453 e. The van der Waals surface area contributed by atoms with Gasteiger partial charge in [-0.05, 0) is 68.0 Å². The molecule has 34 heavy (non-hydrogen) atoms. The monoisotopic (exact) mass is 463 g/mol. The van der Waals surface area contributed by atoms with Crippen LogP contribution >= 0.6 is 0 Å². The van der Waals surface area contributed by atoms with E-state index in [1.54, 1.807) is 6.07 Å². The molecule has 1 aliphatic carbocycles. The van der Waals surface area contributed by atoms with Crippen LogP contribution in [-0.2, 0) is 16.7 Å². The summed E-state index contributed by atoms with van der Waals surface area (Å²) in [5.41, 5.74) is 0.534. The maximum atomic E-state index is 14.5. The third-order valence-corrected chi connectivity index (χ3v) is 8.24. The van der Waals surface area contributed by atoms with Gasteiger partial charge in [0.15, 0.2) is 0 Å². The molecule has 2 aliphatic rings. The quantitative estimate of drug-likeness (QED) is 0.622. The summed E-state index contributed by atoms with van der Waals surface area (Å²) in [4.78, 5) is 14.6. The first-order chi connectivity index (χ1) is 16.4. The highest BCUT2D eigenvalue weighted by atomic mass is 19.1. The second kappa shape index (κ2) is 10.1. The molecule has 0 unspecified atom stereocenters. The molecule has 0 radical (unpaired) electrons. The van der Waals surface area contributed by atoms with Gasteiger partial charge in [-0.2, -0.15) is 5.26 Å². The van der Waals surface area contributed by atoms with Gasteiger partial charge in [0.2, 0.25) is 0 Å². The Morgan fingerprint density at radius 2 is 1.94 bits per heavy atom. The number of methoxy groups -OCH3 is 1. The number of carbonyl (C=O) groups excluding carboxylic acids is 1. The molecule has 1 amide bonds. The van der Waals surface area contributed by atoms with Crippen LogP contribution in [0.3, 0.4) is 0 Å². The van der Waals surface area contributed by atoms with Gasteiger partial charge in [0.25, 0.3) is 0 Å². The molecule has 2 fully saturated rings. The average molecular weight is 464 g/mol. The lowest BCUT2D eigenvalue weighted by atomic mass is 9.52. The highest BCUT2D eigenvalue weighted by Gasteiger charge is 2.60. The van der Waals surface area contributed by atoms with Crippen molar-refractivity contribution < 1.29 is 13.9 Å². The van der Waals surface area contributed by atoms with E-state index >= 15 is 0 Å². The van der Waals surface area contributed by atoms with E-state index in [0.717, 1.165) is 57.3 Å². The van der Waals surface area contributed by atoms with E-state index in [1.165, 1.54) is 24.8 Å². The molecule has 1 saturated heterocycles. The molecule has 2 aromatic rings. The maximum Gasteiger partial charge on any atom is 0.407 e. The largest absolute Gasteiger partial charge is 0.453 e. The Morgan fingerprint density at radius 1 is 1.21 bits per heavy atom. The SMILES string of the molecule is COC(=O)N[C@H]1CCC[C@]1(C)[C@](C#N)(c1cccc(F)c1)C1CCN(Cc2ccccc2)CC1. The van der Waals surface area contributed by atoms with Crippen molar-refractivity contribution in [2.24, 2.45) is 11.3 Å². The maximum absolute atomic E-state index is 14.5. The van der Waals surface area contributed by atoms with Crippen molar-refractivity contribution in [1.82, 2.24) is 10.2 Å². The van der Waals surface area contributed by atoms with Crippen LogP contribution in [0, 0.1) is 28.5 Å². The average Bonchev–Trinajstić information content (AvgIpc) is 3.22. The van der Waals surface area contributed by atoms with Crippen molar-refractivity contribution in [2.75, 3.05) is 20.2 Å². The topological polar surface area (TPSA) is 65.4 Å². The minimum atomic E-state index is -0.921. The van der Waals surface area contributed by atoms with E-state index in [9.17, 15) is 14.4 Å². The van der Waals surface area contributed by atoms with Gasteiger partial charge < -0.3 is 10.1 Å². The van der Waals surface area contributed by atoms with E-state index in [-0.39, 0.29) is 17.8 Å². The van der Waals surface area contributed by atoms with Crippen molar-refractivity contribution >= 4 is 6.09 Å². The van der Waals surface area contributed by atoms with Crippen LogP contribution in [0.5, 0.6) is 0 Å². The van der Waals surface area contributed by atoms with Crippen molar-refractivity contribution in [3.63, 3.8) is 0 Å². The fourth-order valence-electron chi connectivity index (χ4n) is 6.49. The van der Waals surface area contributed by atoms with Crippen LogP contribution in [-0.4, -0.2) is 37.2 Å².